The summed E-state index contributed by atoms with van der Waals surface area (Å²) < 4.78 is 9.66. The third kappa shape index (κ3) is 25.9. The molecule has 0 fully saturated rings. The average molecular weight is 284 g/mol. The van der Waals surface area contributed by atoms with E-state index in [-0.39, 0.29) is 0 Å². The fraction of sp³-hybridized carbons (Fsp3) is 0.778. The maximum atomic E-state index is 4.95. The van der Waals surface area contributed by atoms with Gasteiger partial charge >= 0.3 is 0 Å². The Labute approximate surface area is 127 Å². The molecular weight excluding hydrogens is 248 g/mol. The average Bonchev–Trinajstić information content (AvgIpc) is 2.47. The first-order chi connectivity index (χ1) is 9.83. The van der Waals surface area contributed by atoms with E-state index >= 15 is 0 Å². The van der Waals surface area contributed by atoms with Crippen molar-refractivity contribution in [1.82, 2.24) is 0 Å². The maximum absolute atomic E-state index is 4.95. The summed E-state index contributed by atoms with van der Waals surface area (Å²) in [4.78, 5) is 0. The molecule has 0 heterocycles. The zero-order valence-corrected chi connectivity index (χ0v) is 14.2. The predicted octanol–water partition coefficient (Wildman–Crippen LogP) is 5.89. The summed E-state index contributed by atoms with van der Waals surface area (Å²) in [7, 11) is 3.42. The molecule has 0 aromatic rings. The van der Waals surface area contributed by atoms with Gasteiger partial charge in [0.15, 0.2) is 0 Å². The van der Waals surface area contributed by atoms with Crippen LogP contribution in [0.1, 0.15) is 71.6 Å². The molecule has 2 heteroatoms. The molecule has 0 saturated carbocycles. The van der Waals surface area contributed by atoms with E-state index in [1.807, 2.05) is 12.2 Å². The van der Waals surface area contributed by atoms with Crippen LogP contribution in [0.4, 0.5) is 0 Å². The van der Waals surface area contributed by atoms with Crippen LogP contribution in [-0.2, 0) is 9.47 Å². The minimum absolute atomic E-state index is 0.937. The lowest BCUT2D eigenvalue weighted by atomic mass is 10.1. The van der Waals surface area contributed by atoms with Crippen molar-refractivity contribution in [2.45, 2.75) is 71.6 Å². The van der Waals surface area contributed by atoms with Crippen LogP contribution >= 0.6 is 0 Å². The van der Waals surface area contributed by atoms with Crippen molar-refractivity contribution in [3.63, 3.8) is 0 Å². The fourth-order valence-corrected chi connectivity index (χ4v) is 1.65. The van der Waals surface area contributed by atoms with Crippen molar-refractivity contribution >= 4 is 0 Å². The fourth-order valence-electron chi connectivity index (χ4n) is 1.65. The van der Waals surface area contributed by atoms with Crippen molar-refractivity contribution in [2.75, 3.05) is 20.8 Å². The first-order valence-electron chi connectivity index (χ1n) is 8.16. The van der Waals surface area contributed by atoms with E-state index in [0.717, 1.165) is 6.61 Å². The second kappa shape index (κ2) is 23.3. The molecule has 0 unspecified atom stereocenters. The van der Waals surface area contributed by atoms with Gasteiger partial charge < -0.3 is 9.47 Å². The van der Waals surface area contributed by atoms with Gasteiger partial charge in [-0.25, -0.2) is 0 Å². The van der Waals surface area contributed by atoms with Gasteiger partial charge in [-0.2, -0.15) is 0 Å². The van der Waals surface area contributed by atoms with Gasteiger partial charge in [-0.1, -0.05) is 70.9 Å². The first kappa shape index (κ1) is 21.5. The van der Waals surface area contributed by atoms with E-state index in [2.05, 4.69) is 19.9 Å². The molecule has 0 aliphatic rings. The van der Waals surface area contributed by atoms with Crippen molar-refractivity contribution in [1.29, 1.82) is 0 Å². The molecule has 0 aliphatic carbocycles. The summed E-state index contributed by atoms with van der Waals surface area (Å²) in [6.45, 7) is 5.38. The van der Waals surface area contributed by atoms with Gasteiger partial charge in [0.1, 0.15) is 0 Å². The summed E-state index contributed by atoms with van der Waals surface area (Å²) in [5.41, 5.74) is 0. The lowest BCUT2D eigenvalue weighted by Gasteiger charge is -1.98. The third-order valence-corrected chi connectivity index (χ3v) is 2.89. The molecule has 120 valence electrons. The van der Waals surface area contributed by atoms with Crippen molar-refractivity contribution < 1.29 is 9.47 Å². The maximum Gasteiger partial charge on any atom is 0.0824 e. The minimum Gasteiger partial charge on any atom is -0.504 e. The molecule has 0 bridgehead atoms. The van der Waals surface area contributed by atoms with E-state index in [1.165, 1.54) is 57.8 Å². The summed E-state index contributed by atoms with van der Waals surface area (Å²) in [6.07, 6.45) is 19.5. The van der Waals surface area contributed by atoms with Gasteiger partial charge in [0.05, 0.1) is 13.4 Å². The second-order valence-corrected chi connectivity index (χ2v) is 4.90. The first-order valence-corrected chi connectivity index (χ1v) is 8.16. The number of ether oxygens (including phenoxy) is 2. The van der Waals surface area contributed by atoms with E-state index in [4.69, 9.17) is 9.47 Å². The van der Waals surface area contributed by atoms with Crippen LogP contribution in [0.3, 0.4) is 0 Å². The molecule has 0 atom stereocenters. The van der Waals surface area contributed by atoms with Crippen LogP contribution in [0.15, 0.2) is 24.5 Å². The van der Waals surface area contributed by atoms with E-state index < -0.39 is 0 Å². The number of allylic oxidation sites excluding steroid dienone is 3. The highest BCUT2D eigenvalue weighted by Crippen LogP contribution is 2.04. The lowest BCUT2D eigenvalue weighted by molar-refractivity contribution is 0.192. The zero-order chi connectivity index (χ0) is 15.3. The van der Waals surface area contributed by atoms with Gasteiger partial charge in [-0.05, 0) is 18.9 Å². The molecule has 0 radical (unpaired) electrons. The van der Waals surface area contributed by atoms with Crippen LogP contribution in [0.5, 0.6) is 0 Å². The molecule has 0 saturated heterocycles. The van der Waals surface area contributed by atoms with Gasteiger partial charge in [-0.15, -0.1) is 0 Å². The zero-order valence-electron chi connectivity index (χ0n) is 14.2. The molecule has 0 rings (SSSR count). The second-order valence-electron chi connectivity index (χ2n) is 4.90. The Morgan fingerprint density at radius 3 is 2.00 bits per heavy atom. The van der Waals surface area contributed by atoms with Crippen LogP contribution in [0.25, 0.3) is 0 Å². The summed E-state index contributed by atoms with van der Waals surface area (Å²) in [5.74, 6) is 0. The summed E-state index contributed by atoms with van der Waals surface area (Å²) in [6, 6.07) is 0. The third-order valence-electron chi connectivity index (χ3n) is 2.89. The van der Waals surface area contributed by atoms with Gasteiger partial charge in [-0.3, -0.25) is 0 Å². The highest BCUT2D eigenvalue weighted by molar-refractivity contribution is 4.99. The Balaban J connectivity index is 0. The Morgan fingerprint density at radius 2 is 1.40 bits per heavy atom. The normalized spacial score (nSPS) is 10.8. The minimum atomic E-state index is 0.937. The Kier molecular flexibility index (Phi) is 25.1. The quantitative estimate of drug-likeness (QED) is 0.253. The number of rotatable bonds is 12. The highest BCUT2D eigenvalue weighted by Gasteiger charge is 1.87. The summed E-state index contributed by atoms with van der Waals surface area (Å²) >= 11 is 0. The van der Waals surface area contributed by atoms with Gasteiger partial charge in [0, 0.05) is 13.7 Å². The monoisotopic (exact) mass is 284 g/mol. The number of methoxy groups -OCH3 is 2. The van der Waals surface area contributed by atoms with Crippen LogP contribution < -0.4 is 0 Å². The number of unbranched alkanes of at least 4 members (excludes halogenated alkanes) is 7. The molecule has 0 N–H and O–H groups in total. The Morgan fingerprint density at radius 1 is 0.750 bits per heavy atom. The molecule has 20 heavy (non-hydrogen) atoms. The molecule has 0 amide bonds. The van der Waals surface area contributed by atoms with E-state index in [1.54, 1.807) is 20.5 Å². The largest absolute Gasteiger partial charge is 0.504 e. The molecule has 0 aromatic carbocycles. The topological polar surface area (TPSA) is 18.5 Å². The van der Waals surface area contributed by atoms with Gasteiger partial charge in [0.2, 0.25) is 0 Å². The summed E-state index contributed by atoms with van der Waals surface area (Å²) in [5, 5.41) is 0. The number of hydrogen-bond acceptors (Lipinski definition) is 2. The molecular formula is C18H36O2. The smallest absolute Gasteiger partial charge is 0.0824 e. The van der Waals surface area contributed by atoms with Crippen LogP contribution in [0, 0.1) is 0 Å². The predicted molar refractivity (Wildman–Crippen MR) is 90.1 cm³/mol. The number of hydrogen-bond donors (Lipinski definition) is 0. The molecule has 2 nitrogen and oxygen atoms in total. The highest BCUT2D eigenvalue weighted by atomic mass is 16.5. The molecule has 0 spiro atoms. The van der Waals surface area contributed by atoms with E-state index in [9.17, 15) is 0 Å². The standard InChI is InChI=1S/C9H20O.C9H16O/c2*1-3-4-5-6-7-8-9-10-2/h3-9H2,1-2H3;6-9H,3-5H2,1-2H3. The van der Waals surface area contributed by atoms with Crippen LogP contribution in [0.2, 0.25) is 0 Å². The van der Waals surface area contributed by atoms with E-state index in [0.29, 0.717) is 0 Å². The SMILES string of the molecule is CCCCC=CC=COC.CCCCCCCCOC. The Bertz CT molecular complexity index is 190. The van der Waals surface area contributed by atoms with Crippen LogP contribution in [-0.4, -0.2) is 20.8 Å². The lowest BCUT2D eigenvalue weighted by Crippen LogP contribution is -1.87. The van der Waals surface area contributed by atoms with Crippen molar-refractivity contribution in [3.05, 3.63) is 24.5 Å². The van der Waals surface area contributed by atoms with Crippen molar-refractivity contribution in [2.24, 2.45) is 0 Å². The van der Waals surface area contributed by atoms with Crippen molar-refractivity contribution in [3.8, 4) is 0 Å². The molecule has 0 aliphatic heterocycles. The van der Waals surface area contributed by atoms with Gasteiger partial charge in [0.25, 0.3) is 0 Å². The Hall–Kier alpha value is -0.760. The molecule has 0 aromatic heterocycles.